The van der Waals surface area contributed by atoms with Gasteiger partial charge >= 0.3 is 0 Å². The maximum Gasteiger partial charge on any atom is 0.113 e. The average Bonchev–Trinajstić information content (AvgIpc) is 2.85. The predicted molar refractivity (Wildman–Crippen MR) is 124 cm³/mol. The van der Waals surface area contributed by atoms with E-state index in [9.17, 15) is 5.11 Å². The lowest BCUT2D eigenvalue weighted by atomic mass is 9.95. The molecule has 0 unspecified atom stereocenters. The second-order valence-corrected chi connectivity index (χ2v) is 8.11. The lowest BCUT2D eigenvalue weighted by Crippen LogP contribution is -2.62. The Hall–Kier alpha value is -2.54. The molecule has 1 saturated heterocycles. The molecule has 0 aromatic heterocycles. The largest absolute Gasteiger partial charge is 0.389 e. The molecule has 4 rings (SSSR count). The molecular formula is C27H31NO4. The van der Waals surface area contributed by atoms with E-state index < -0.39 is 12.2 Å². The molecule has 0 bridgehead atoms. The highest BCUT2D eigenvalue weighted by atomic mass is 16.6. The zero-order valence-electron chi connectivity index (χ0n) is 18.2. The van der Waals surface area contributed by atoms with Gasteiger partial charge in [-0.15, -0.1) is 0 Å². The zero-order chi connectivity index (χ0) is 22.0. The van der Waals surface area contributed by atoms with E-state index in [2.05, 4.69) is 5.32 Å². The predicted octanol–water partition coefficient (Wildman–Crippen LogP) is 3.71. The fraction of sp³-hybridized carbons (Fsp3) is 0.333. The normalized spacial score (nSPS) is 23.2. The van der Waals surface area contributed by atoms with E-state index in [0.29, 0.717) is 33.0 Å². The topological polar surface area (TPSA) is 60.0 Å². The molecule has 5 heteroatoms. The number of rotatable bonds is 10. The first-order valence-corrected chi connectivity index (χ1v) is 11.1. The average molecular weight is 434 g/mol. The third kappa shape index (κ3) is 6.48. The van der Waals surface area contributed by atoms with E-state index in [-0.39, 0.29) is 12.1 Å². The Morgan fingerprint density at radius 3 is 1.66 bits per heavy atom. The van der Waals surface area contributed by atoms with Gasteiger partial charge in [0.1, 0.15) is 12.2 Å². The monoisotopic (exact) mass is 433 g/mol. The van der Waals surface area contributed by atoms with Crippen molar-refractivity contribution in [1.29, 1.82) is 0 Å². The number of hydrogen-bond donors (Lipinski definition) is 2. The molecule has 0 spiro atoms. The number of nitrogens with one attached hydrogen (secondary N) is 1. The van der Waals surface area contributed by atoms with Gasteiger partial charge in [-0.05, 0) is 16.7 Å². The van der Waals surface area contributed by atoms with Crippen molar-refractivity contribution in [2.24, 2.45) is 0 Å². The van der Waals surface area contributed by atoms with Crippen LogP contribution in [0.25, 0.3) is 0 Å². The van der Waals surface area contributed by atoms with Gasteiger partial charge in [-0.1, -0.05) is 91.0 Å². The van der Waals surface area contributed by atoms with Gasteiger partial charge in [0, 0.05) is 6.54 Å². The first kappa shape index (κ1) is 22.6. The van der Waals surface area contributed by atoms with Crippen molar-refractivity contribution in [2.75, 3.05) is 13.2 Å². The maximum absolute atomic E-state index is 10.7. The summed E-state index contributed by atoms with van der Waals surface area (Å²) >= 11 is 0. The molecule has 1 aliphatic rings. The van der Waals surface area contributed by atoms with Crippen LogP contribution < -0.4 is 5.32 Å². The van der Waals surface area contributed by atoms with Gasteiger partial charge in [-0.3, -0.25) is 0 Å². The van der Waals surface area contributed by atoms with E-state index in [1.54, 1.807) is 0 Å². The van der Waals surface area contributed by atoms with Crippen LogP contribution >= 0.6 is 0 Å². The van der Waals surface area contributed by atoms with E-state index in [1.807, 2.05) is 91.0 Å². The SMILES string of the molecule is O[C@@H]1CN[C@H](COCc2ccccc2)[C@@H](OCc2ccccc2)[C@@H]1OCc1ccccc1. The highest BCUT2D eigenvalue weighted by Crippen LogP contribution is 2.22. The minimum absolute atomic E-state index is 0.0911. The maximum atomic E-state index is 10.7. The molecule has 0 radical (unpaired) electrons. The van der Waals surface area contributed by atoms with Crippen LogP contribution in [0.15, 0.2) is 91.0 Å². The zero-order valence-corrected chi connectivity index (χ0v) is 18.2. The van der Waals surface area contributed by atoms with Gasteiger partial charge < -0.3 is 24.6 Å². The second-order valence-electron chi connectivity index (χ2n) is 8.11. The minimum atomic E-state index is -0.662. The molecule has 4 atom stereocenters. The summed E-state index contributed by atoms with van der Waals surface area (Å²) in [5.74, 6) is 0. The van der Waals surface area contributed by atoms with Crippen molar-refractivity contribution < 1.29 is 19.3 Å². The summed E-state index contributed by atoms with van der Waals surface area (Å²) in [5, 5.41) is 14.1. The van der Waals surface area contributed by atoms with Crippen molar-refractivity contribution in [3.8, 4) is 0 Å². The molecule has 1 fully saturated rings. The molecule has 1 heterocycles. The summed E-state index contributed by atoms with van der Waals surface area (Å²) in [6.07, 6.45) is -1.46. The second kappa shape index (κ2) is 11.9. The molecule has 0 amide bonds. The number of benzene rings is 3. The first-order chi connectivity index (χ1) is 15.8. The van der Waals surface area contributed by atoms with Gasteiger partial charge in [0.05, 0.1) is 38.6 Å². The van der Waals surface area contributed by atoms with Gasteiger partial charge in [-0.25, -0.2) is 0 Å². The highest BCUT2D eigenvalue weighted by molar-refractivity contribution is 5.15. The van der Waals surface area contributed by atoms with Crippen LogP contribution in [0.2, 0.25) is 0 Å². The summed E-state index contributed by atoms with van der Waals surface area (Å²) in [4.78, 5) is 0. The summed E-state index contributed by atoms with van der Waals surface area (Å²) in [5.41, 5.74) is 3.28. The van der Waals surface area contributed by atoms with E-state index in [1.165, 1.54) is 0 Å². The summed E-state index contributed by atoms with van der Waals surface area (Å²) in [6, 6.07) is 30.1. The van der Waals surface area contributed by atoms with Gasteiger partial charge in [-0.2, -0.15) is 0 Å². The fourth-order valence-corrected chi connectivity index (χ4v) is 3.93. The number of β-amino-alcohol motifs (C(OH)–C–C–N with tert-alkyl or cyclic N) is 1. The van der Waals surface area contributed by atoms with Crippen molar-refractivity contribution in [2.45, 2.75) is 44.2 Å². The first-order valence-electron chi connectivity index (χ1n) is 11.1. The summed E-state index contributed by atoms with van der Waals surface area (Å²) in [7, 11) is 0. The van der Waals surface area contributed by atoms with Crippen LogP contribution in [0.5, 0.6) is 0 Å². The smallest absolute Gasteiger partial charge is 0.113 e. The van der Waals surface area contributed by atoms with E-state index >= 15 is 0 Å². The van der Waals surface area contributed by atoms with Gasteiger partial charge in [0.15, 0.2) is 0 Å². The Kier molecular flexibility index (Phi) is 8.42. The molecule has 0 saturated carbocycles. The minimum Gasteiger partial charge on any atom is -0.389 e. The Balaban J connectivity index is 1.42. The highest BCUT2D eigenvalue weighted by Gasteiger charge is 2.40. The van der Waals surface area contributed by atoms with Crippen LogP contribution in [0.1, 0.15) is 16.7 Å². The van der Waals surface area contributed by atoms with Crippen molar-refractivity contribution in [3.05, 3.63) is 108 Å². The molecule has 5 nitrogen and oxygen atoms in total. The van der Waals surface area contributed by atoms with Crippen LogP contribution in [0, 0.1) is 0 Å². The third-order valence-corrected chi connectivity index (χ3v) is 5.67. The molecule has 0 aliphatic carbocycles. The van der Waals surface area contributed by atoms with Crippen LogP contribution in [-0.4, -0.2) is 42.6 Å². The third-order valence-electron chi connectivity index (χ3n) is 5.67. The van der Waals surface area contributed by atoms with Crippen molar-refractivity contribution in [3.63, 3.8) is 0 Å². The number of aliphatic hydroxyl groups is 1. The Morgan fingerprint density at radius 2 is 1.12 bits per heavy atom. The lowest BCUT2D eigenvalue weighted by molar-refractivity contribution is -0.165. The molecule has 1 aliphatic heterocycles. The van der Waals surface area contributed by atoms with Crippen molar-refractivity contribution in [1.82, 2.24) is 5.32 Å². The van der Waals surface area contributed by atoms with E-state index in [0.717, 1.165) is 16.7 Å². The molecule has 168 valence electrons. The number of ether oxygens (including phenoxy) is 3. The molecule has 2 N–H and O–H groups in total. The fourth-order valence-electron chi connectivity index (χ4n) is 3.93. The summed E-state index contributed by atoms with van der Waals surface area (Å²) < 4.78 is 18.5. The molecule has 3 aromatic rings. The summed E-state index contributed by atoms with van der Waals surface area (Å²) in [6.45, 7) is 2.30. The molecular weight excluding hydrogens is 402 g/mol. The number of hydrogen-bond acceptors (Lipinski definition) is 5. The van der Waals surface area contributed by atoms with Crippen molar-refractivity contribution >= 4 is 0 Å². The number of aliphatic hydroxyl groups excluding tert-OH is 1. The Bertz CT molecular complexity index is 907. The van der Waals surface area contributed by atoms with Crippen LogP contribution in [0.3, 0.4) is 0 Å². The lowest BCUT2D eigenvalue weighted by Gasteiger charge is -2.41. The standard InChI is InChI=1S/C27H31NO4/c29-25-16-28-24(20-30-17-21-10-4-1-5-11-21)26(31-18-22-12-6-2-7-13-22)27(25)32-19-23-14-8-3-9-15-23/h1-15,24-29H,16-20H2/t24-,25-,26-,27-/m1/s1. The quantitative estimate of drug-likeness (QED) is 0.511. The molecule has 32 heavy (non-hydrogen) atoms. The van der Waals surface area contributed by atoms with Gasteiger partial charge in [0.25, 0.3) is 0 Å². The van der Waals surface area contributed by atoms with Gasteiger partial charge in [0.2, 0.25) is 0 Å². The Labute approximate surface area is 190 Å². The van der Waals surface area contributed by atoms with Crippen LogP contribution in [-0.2, 0) is 34.0 Å². The number of piperidine rings is 1. The molecule has 3 aromatic carbocycles. The van der Waals surface area contributed by atoms with E-state index in [4.69, 9.17) is 14.2 Å². The Morgan fingerprint density at radius 1 is 0.656 bits per heavy atom. The van der Waals surface area contributed by atoms with Crippen LogP contribution in [0.4, 0.5) is 0 Å².